The largest absolute Gasteiger partial charge is 0.0938 e. The zero-order valence-corrected chi connectivity index (χ0v) is 23.2. The van der Waals surface area contributed by atoms with Crippen molar-refractivity contribution in [3.8, 4) is 0 Å². The molecule has 0 atom stereocenters. The van der Waals surface area contributed by atoms with Gasteiger partial charge in [0.25, 0.3) is 0 Å². The SMILES string of the molecule is CC(C)[Si](C1=CCC([Si](C(C)C)(C(C)C)C(C)C)=CCC=C1)(C(C)C)C(C)C. The van der Waals surface area contributed by atoms with Crippen LogP contribution in [0.5, 0.6) is 0 Å². The van der Waals surface area contributed by atoms with Crippen LogP contribution in [0.3, 0.4) is 0 Å². The summed E-state index contributed by atoms with van der Waals surface area (Å²) in [7, 11) is -3.14. The third kappa shape index (κ3) is 4.38. The Bertz CT molecular complexity index is 542. The first-order chi connectivity index (χ1) is 12.9. The Hall–Kier alpha value is -0.346. The number of allylic oxidation sites excluding steroid dienone is 6. The third-order valence-electron chi connectivity index (χ3n) is 8.13. The van der Waals surface area contributed by atoms with Crippen molar-refractivity contribution in [1.29, 1.82) is 0 Å². The predicted octanol–water partition coefficient (Wildman–Crippen LogP) is 9.63. The maximum Gasteiger partial charge on any atom is 0.0938 e. The fraction of sp³-hybridized carbons (Fsp3) is 0.769. The zero-order valence-electron chi connectivity index (χ0n) is 21.2. The molecular formula is C26H50Si2. The van der Waals surface area contributed by atoms with Gasteiger partial charge in [0.05, 0.1) is 16.1 Å². The van der Waals surface area contributed by atoms with Crippen LogP contribution in [0, 0.1) is 0 Å². The smallest absolute Gasteiger partial charge is 0.0850 e. The van der Waals surface area contributed by atoms with E-state index in [0.717, 1.165) is 39.7 Å². The Labute approximate surface area is 180 Å². The maximum absolute atomic E-state index is 2.70. The van der Waals surface area contributed by atoms with Gasteiger partial charge in [0.1, 0.15) is 0 Å². The van der Waals surface area contributed by atoms with Gasteiger partial charge in [0, 0.05) is 0 Å². The summed E-state index contributed by atoms with van der Waals surface area (Å²) in [5, 5.41) is 3.56. The van der Waals surface area contributed by atoms with Crippen molar-refractivity contribution in [3.63, 3.8) is 0 Å². The van der Waals surface area contributed by atoms with E-state index in [1.165, 1.54) is 6.42 Å². The van der Waals surface area contributed by atoms with Gasteiger partial charge in [-0.1, -0.05) is 118 Å². The molecule has 28 heavy (non-hydrogen) atoms. The van der Waals surface area contributed by atoms with Crippen LogP contribution in [0.15, 0.2) is 34.7 Å². The molecule has 1 aliphatic carbocycles. The summed E-state index contributed by atoms with van der Waals surface area (Å²) in [5.41, 5.74) is 4.71. The van der Waals surface area contributed by atoms with Gasteiger partial charge in [-0.2, -0.15) is 0 Å². The van der Waals surface area contributed by atoms with Crippen LogP contribution in [-0.4, -0.2) is 16.1 Å². The van der Waals surface area contributed by atoms with Crippen LogP contribution in [-0.2, 0) is 0 Å². The maximum atomic E-state index is 2.70. The van der Waals surface area contributed by atoms with E-state index in [4.69, 9.17) is 0 Å². The molecule has 0 N–H and O–H groups in total. The van der Waals surface area contributed by atoms with E-state index in [2.05, 4.69) is 107 Å². The molecule has 2 heteroatoms. The molecule has 1 rings (SSSR count). The second-order valence-corrected chi connectivity index (χ2v) is 22.9. The lowest BCUT2D eigenvalue weighted by Gasteiger charge is -2.47. The van der Waals surface area contributed by atoms with Gasteiger partial charge in [0.2, 0.25) is 0 Å². The van der Waals surface area contributed by atoms with E-state index < -0.39 is 16.1 Å². The van der Waals surface area contributed by atoms with Crippen molar-refractivity contribution in [3.05, 3.63) is 34.7 Å². The van der Waals surface area contributed by atoms with Crippen molar-refractivity contribution >= 4 is 16.1 Å². The average Bonchev–Trinajstić information content (AvgIpc) is 2.50. The molecule has 0 spiro atoms. The van der Waals surface area contributed by atoms with Crippen LogP contribution in [0.4, 0.5) is 0 Å². The molecule has 0 aromatic heterocycles. The van der Waals surface area contributed by atoms with E-state index in [9.17, 15) is 0 Å². The van der Waals surface area contributed by atoms with Crippen molar-refractivity contribution in [1.82, 2.24) is 0 Å². The monoisotopic (exact) mass is 418 g/mol. The lowest BCUT2D eigenvalue weighted by molar-refractivity contribution is 0.814. The fourth-order valence-corrected chi connectivity index (χ4v) is 21.6. The molecule has 162 valence electrons. The first kappa shape index (κ1) is 25.7. The number of rotatable bonds is 8. The highest BCUT2D eigenvalue weighted by Gasteiger charge is 2.47. The molecular weight excluding hydrogens is 368 g/mol. The van der Waals surface area contributed by atoms with Crippen molar-refractivity contribution in [2.75, 3.05) is 0 Å². The highest BCUT2D eigenvalue weighted by Crippen LogP contribution is 2.50. The standard InChI is InChI=1S/C26H50Si2/c1-19(2)27(20(3)4,21(5)6)25-15-13-14-16-26(18-17-25)28(22(7)8,23(9)10)24(11)12/h13,15-17,19-24H,14,18H2,1-12H3. The van der Waals surface area contributed by atoms with Gasteiger partial charge < -0.3 is 0 Å². The Morgan fingerprint density at radius 1 is 0.571 bits per heavy atom. The molecule has 0 nitrogen and oxygen atoms in total. The minimum atomic E-state index is -1.59. The zero-order chi connectivity index (χ0) is 21.9. The van der Waals surface area contributed by atoms with Gasteiger partial charge in [0.15, 0.2) is 0 Å². The van der Waals surface area contributed by atoms with Gasteiger partial charge in [-0.3, -0.25) is 0 Å². The number of hydrogen-bond acceptors (Lipinski definition) is 0. The average molecular weight is 419 g/mol. The minimum Gasteiger partial charge on any atom is -0.0850 e. The number of hydrogen-bond donors (Lipinski definition) is 0. The molecule has 1 aliphatic rings. The van der Waals surface area contributed by atoms with Crippen LogP contribution >= 0.6 is 0 Å². The van der Waals surface area contributed by atoms with E-state index in [1.807, 2.05) is 5.20 Å². The van der Waals surface area contributed by atoms with Crippen molar-refractivity contribution in [2.45, 2.75) is 129 Å². The first-order valence-corrected chi connectivity index (χ1v) is 16.4. The molecule has 0 fully saturated rings. The van der Waals surface area contributed by atoms with Gasteiger partial charge in [-0.05, 0) is 46.1 Å². The van der Waals surface area contributed by atoms with Gasteiger partial charge in [-0.25, -0.2) is 0 Å². The molecule has 0 aliphatic heterocycles. The molecule has 0 bridgehead atoms. The second kappa shape index (κ2) is 10.1. The van der Waals surface area contributed by atoms with Gasteiger partial charge >= 0.3 is 0 Å². The molecule has 0 saturated heterocycles. The van der Waals surface area contributed by atoms with Gasteiger partial charge in [-0.15, -0.1) is 0 Å². The molecule has 0 saturated carbocycles. The Kier molecular flexibility index (Phi) is 9.28. The summed E-state index contributed by atoms with van der Waals surface area (Å²) < 4.78 is 0. The highest BCUT2D eigenvalue weighted by molar-refractivity contribution is 6.91. The second-order valence-electron chi connectivity index (χ2n) is 11.0. The Morgan fingerprint density at radius 2 is 0.964 bits per heavy atom. The molecule has 0 unspecified atom stereocenters. The van der Waals surface area contributed by atoms with E-state index in [0.29, 0.717) is 0 Å². The predicted molar refractivity (Wildman–Crippen MR) is 137 cm³/mol. The lowest BCUT2D eigenvalue weighted by atomic mass is 10.2. The van der Waals surface area contributed by atoms with Crippen LogP contribution in [0.25, 0.3) is 0 Å². The normalized spacial score (nSPS) is 17.1. The van der Waals surface area contributed by atoms with Crippen LogP contribution in [0.1, 0.15) is 95.9 Å². The molecule has 0 aromatic carbocycles. The van der Waals surface area contributed by atoms with E-state index in [1.54, 1.807) is 5.20 Å². The Morgan fingerprint density at radius 3 is 1.32 bits per heavy atom. The first-order valence-electron chi connectivity index (χ1n) is 11.9. The molecule has 0 aromatic rings. The quantitative estimate of drug-likeness (QED) is 0.344. The molecule has 0 heterocycles. The topological polar surface area (TPSA) is 0 Å². The fourth-order valence-electron chi connectivity index (χ4n) is 7.56. The summed E-state index contributed by atoms with van der Waals surface area (Å²) in [6, 6.07) is 0. The summed E-state index contributed by atoms with van der Waals surface area (Å²) in [4.78, 5) is 0. The minimum absolute atomic E-state index is 0.776. The van der Waals surface area contributed by atoms with Crippen molar-refractivity contribution in [2.24, 2.45) is 0 Å². The lowest BCUT2D eigenvalue weighted by Crippen LogP contribution is -2.48. The summed E-state index contributed by atoms with van der Waals surface area (Å²) >= 11 is 0. The van der Waals surface area contributed by atoms with E-state index >= 15 is 0 Å². The van der Waals surface area contributed by atoms with Crippen molar-refractivity contribution < 1.29 is 0 Å². The Balaban J connectivity index is 3.58. The molecule has 0 amide bonds. The molecule has 0 radical (unpaired) electrons. The summed E-state index contributed by atoms with van der Waals surface area (Å²) in [6.45, 7) is 30.0. The highest BCUT2D eigenvalue weighted by atomic mass is 28.3. The van der Waals surface area contributed by atoms with Crippen LogP contribution < -0.4 is 0 Å². The third-order valence-corrected chi connectivity index (χ3v) is 22.5. The van der Waals surface area contributed by atoms with Crippen LogP contribution in [0.2, 0.25) is 33.2 Å². The van der Waals surface area contributed by atoms with E-state index in [-0.39, 0.29) is 0 Å². The summed E-state index contributed by atoms with van der Waals surface area (Å²) in [6.07, 6.45) is 12.6. The summed E-state index contributed by atoms with van der Waals surface area (Å²) in [5.74, 6) is 0.